The number of carboxylic acid groups (broad SMARTS) is 1. The largest absolute Gasteiger partial charge is 0.465 e. The fourth-order valence-corrected chi connectivity index (χ4v) is 1.86. The molecule has 16 heavy (non-hydrogen) atoms. The number of amides is 1. The number of hydrogen-bond acceptors (Lipinski definition) is 2. The van der Waals surface area contributed by atoms with Gasteiger partial charge in [0.15, 0.2) is 0 Å². The maximum absolute atomic E-state index is 10.8. The van der Waals surface area contributed by atoms with Crippen molar-refractivity contribution in [3.8, 4) is 0 Å². The van der Waals surface area contributed by atoms with Crippen molar-refractivity contribution in [2.75, 3.05) is 0 Å². The van der Waals surface area contributed by atoms with Gasteiger partial charge in [-0.2, -0.15) is 0 Å². The lowest BCUT2D eigenvalue weighted by Crippen LogP contribution is -2.27. The molecule has 0 saturated carbocycles. The number of para-hydroxylation sites is 2. The Balaban J connectivity index is 2.16. The second-order valence-electron chi connectivity index (χ2n) is 3.60. The van der Waals surface area contributed by atoms with E-state index in [1.165, 1.54) is 4.90 Å². The van der Waals surface area contributed by atoms with Gasteiger partial charge < -0.3 is 9.67 Å². The average Bonchev–Trinajstić information content (AvgIpc) is 2.66. The first kappa shape index (κ1) is 8.96. The first-order valence-corrected chi connectivity index (χ1v) is 4.89. The summed E-state index contributed by atoms with van der Waals surface area (Å²) in [5.74, 6) is 0.742. The number of carbonyl (C=O) groups is 1. The highest BCUT2D eigenvalue weighted by atomic mass is 16.4. The predicted octanol–water partition coefficient (Wildman–Crippen LogP) is 1.96. The number of fused-ring (bicyclic) bond motifs is 3. The molecule has 1 aliphatic rings. The molecule has 0 spiro atoms. The fourth-order valence-electron chi connectivity index (χ4n) is 1.86. The Morgan fingerprint density at radius 2 is 2.12 bits per heavy atom. The summed E-state index contributed by atoms with van der Waals surface area (Å²) in [4.78, 5) is 16.4. The molecule has 5 heteroatoms. The van der Waals surface area contributed by atoms with Crippen molar-refractivity contribution in [1.29, 1.82) is 0 Å². The first-order chi connectivity index (χ1) is 7.75. The lowest BCUT2D eigenvalue weighted by molar-refractivity contribution is 0.159. The van der Waals surface area contributed by atoms with Crippen molar-refractivity contribution in [3.63, 3.8) is 0 Å². The molecule has 1 aromatic carbocycles. The number of aromatic nitrogens is 2. The monoisotopic (exact) mass is 215 g/mol. The van der Waals surface area contributed by atoms with Crippen LogP contribution in [0, 0.1) is 0 Å². The Hall–Kier alpha value is -2.30. The van der Waals surface area contributed by atoms with Crippen molar-refractivity contribution in [1.82, 2.24) is 14.5 Å². The van der Waals surface area contributed by atoms with Crippen LogP contribution in [0.2, 0.25) is 0 Å². The normalized spacial score (nSPS) is 14.1. The minimum absolute atomic E-state index is 0.292. The molecular formula is C11H9N3O2. The van der Waals surface area contributed by atoms with E-state index < -0.39 is 6.09 Å². The maximum atomic E-state index is 10.8. The van der Waals surface area contributed by atoms with Gasteiger partial charge >= 0.3 is 6.09 Å². The van der Waals surface area contributed by atoms with Gasteiger partial charge in [0.25, 0.3) is 0 Å². The van der Waals surface area contributed by atoms with E-state index in [-0.39, 0.29) is 0 Å². The summed E-state index contributed by atoms with van der Waals surface area (Å²) in [5, 5.41) is 8.88. The number of imidazole rings is 1. The van der Waals surface area contributed by atoms with Crippen LogP contribution in [0.4, 0.5) is 4.79 Å². The Kier molecular flexibility index (Phi) is 1.73. The van der Waals surface area contributed by atoms with E-state index in [1.807, 2.05) is 28.8 Å². The lowest BCUT2D eigenvalue weighted by Gasteiger charge is -2.18. The summed E-state index contributed by atoms with van der Waals surface area (Å²) in [6.45, 7) is 0.292. The number of nitrogens with zero attached hydrogens (tertiary/aromatic N) is 3. The lowest BCUT2D eigenvalue weighted by atomic mass is 10.3. The molecule has 0 aliphatic carbocycles. The second kappa shape index (κ2) is 3.10. The molecule has 0 unspecified atom stereocenters. The van der Waals surface area contributed by atoms with Crippen LogP contribution in [-0.4, -0.2) is 25.7 Å². The van der Waals surface area contributed by atoms with Crippen LogP contribution >= 0.6 is 0 Å². The molecule has 0 fully saturated rings. The van der Waals surface area contributed by atoms with Crippen molar-refractivity contribution in [3.05, 3.63) is 36.3 Å². The van der Waals surface area contributed by atoms with Gasteiger partial charge in [-0.1, -0.05) is 12.1 Å². The first-order valence-electron chi connectivity index (χ1n) is 4.89. The van der Waals surface area contributed by atoms with E-state index in [0.29, 0.717) is 6.54 Å². The van der Waals surface area contributed by atoms with E-state index in [9.17, 15) is 4.79 Å². The third-order valence-electron chi connectivity index (χ3n) is 2.62. The maximum Gasteiger partial charge on any atom is 0.411 e. The van der Waals surface area contributed by atoms with E-state index in [2.05, 4.69) is 4.98 Å². The van der Waals surface area contributed by atoms with Gasteiger partial charge in [0.1, 0.15) is 5.82 Å². The molecule has 0 saturated heterocycles. The zero-order valence-corrected chi connectivity index (χ0v) is 8.37. The summed E-state index contributed by atoms with van der Waals surface area (Å²) in [6, 6.07) is 7.74. The molecule has 80 valence electrons. The van der Waals surface area contributed by atoms with Crippen molar-refractivity contribution >= 4 is 23.3 Å². The number of hydrogen-bond donors (Lipinski definition) is 1. The van der Waals surface area contributed by atoms with Crippen LogP contribution in [0.1, 0.15) is 5.82 Å². The van der Waals surface area contributed by atoms with Gasteiger partial charge in [-0.15, -0.1) is 0 Å². The zero-order valence-electron chi connectivity index (χ0n) is 8.37. The Labute approximate surface area is 91.2 Å². The second-order valence-corrected chi connectivity index (χ2v) is 3.60. The van der Waals surface area contributed by atoms with E-state index >= 15 is 0 Å². The molecule has 1 N–H and O–H groups in total. The van der Waals surface area contributed by atoms with Crippen LogP contribution in [0.15, 0.2) is 30.5 Å². The van der Waals surface area contributed by atoms with Crippen molar-refractivity contribution in [2.24, 2.45) is 0 Å². The topological polar surface area (TPSA) is 58.4 Å². The minimum Gasteiger partial charge on any atom is -0.465 e. The summed E-state index contributed by atoms with van der Waals surface area (Å²) >= 11 is 0. The van der Waals surface area contributed by atoms with Crippen LogP contribution in [0.3, 0.4) is 0 Å². The van der Waals surface area contributed by atoms with Crippen LogP contribution < -0.4 is 0 Å². The highest BCUT2D eigenvalue weighted by molar-refractivity contribution is 5.79. The molecule has 5 nitrogen and oxygen atoms in total. The van der Waals surface area contributed by atoms with E-state index in [4.69, 9.17) is 5.11 Å². The van der Waals surface area contributed by atoms with Gasteiger partial charge in [-0.3, -0.25) is 4.90 Å². The molecule has 0 bridgehead atoms. The molecule has 1 aliphatic heterocycles. The minimum atomic E-state index is -0.963. The predicted molar refractivity (Wildman–Crippen MR) is 58.6 cm³/mol. The molecule has 1 amide bonds. The van der Waals surface area contributed by atoms with Gasteiger partial charge in [0.05, 0.1) is 17.6 Å². The summed E-state index contributed by atoms with van der Waals surface area (Å²) in [7, 11) is 0. The van der Waals surface area contributed by atoms with Crippen LogP contribution in [-0.2, 0) is 6.54 Å². The molecular weight excluding hydrogens is 206 g/mol. The quantitative estimate of drug-likeness (QED) is 0.730. The molecule has 2 heterocycles. The third kappa shape index (κ3) is 1.18. The molecule has 1 aromatic heterocycles. The highest BCUT2D eigenvalue weighted by Crippen LogP contribution is 2.20. The molecule has 3 rings (SSSR count). The van der Waals surface area contributed by atoms with Crippen LogP contribution in [0.5, 0.6) is 0 Å². The fraction of sp³-hybridized carbons (Fsp3) is 0.0909. The van der Waals surface area contributed by atoms with Gasteiger partial charge in [0.2, 0.25) is 0 Å². The number of rotatable bonds is 0. The summed E-state index contributed by atoms with van der Waals surface area (Å²) in [6.07, 6.45) is 2.31. The van der Waals surface area contributed by atoms with Gasteiger partial charge in [0, 0.05) is 12.4 Å². The number of benzene rings is 1. The third-order valence-corrected chi connectivity index (χ3v) is 2.62. The van der Waals surface area contributed by atoms with E-state index in [0.717, 1.165) is 16.9 Å². The SMILES string of the molecule is O=C(O)N1C=Cn2c(nc3ccccc32)C1. The Bertz CT molecular complexity index is 600. The van der Waals surface area contributed by atoms with Crippen molar-refractivity contribution < 1.29 is 9.90 Å². The molecule has 0 atom stereocenters. The van der Waals surface area contributed by atoms with Gasteiger partial charge in [-0.25, -0.2) is 9.78 Å². The molecule has 0 radical (unpaired) electrons. The summed E-state index contributed by atoms with van der Waals surface area (Å²) in [5.41, 5.74) is 1.88. The highest BCUT2D eigenvalue weighted by Gasteiger charge is 2.18. The van der Waals surface area contributed by atoms with Crippen molar-refractivity contribution in [2.45, 2.75) is 6.54 Å². The average molecular weight is 215 g/mol. The summed E-state index contributed by atoms with van der Waals surface area (Å²) < 4.78 is 1.91. The molecule has 2 aromatic rings. The Morgan fingerprint density at radius 3 is 2.94 bits per heavy atom. The Morgan fingerprint density at radius 1 is 1.31 bits per heavy atom. The van der Waals surface area contributed by atoms with Gasteiger partial charge in [-0.05, 0) is 12.1 Å². The standard InChI is InChI=1S/C11H9N3O2/c15-11(16)13-5-6-14-9-4-2-1-3-8(9)12-10(14)7-13/h1-6H,7H2,(H,15,16). The smallest absolute Gasteiger partial charge is 0.411 e. The van der Waals surface area contributed by atoms with Crippen LogP contribution in [0.25, 0.3) is 17.2 Å². The zero-order chi connectivity index (χ0) is 11.1. The van der Waals surface area contributed by atoms with E-state index in [1.54, 1.807) is 12.4 Å².